The highest BCUT2D eigenvalue weighted by Crippen LogP contribution is 2.31. The molecule has 0 amide bonds. The Morgan fingerprint density at radius 2 is 2.18 bits per heavy atom. The zero-order chi connectivity index (χ0) is 12.1. The van der Waals surface area contributed by atoms with Gasteiger partial charge in [-0.25, -0.2) is 0 Å². The molecule has 0 spiro atoms. The molecule has 3 heteroatoms. The van der Waals surface area contributed by atoms with Gasteiger partial charge in [-0.05, 0) is 37.9 Å². The maximum Gasteiger partial charge on any atom is 0.0424 e. The molecule has 1 N–H and O–H groups in total. The van der Waals surface area contributed by atoms with E-state index in [0.29, 0.717) is 6.04 Å². The van der Waals surface area contributed by atoms with Crippen molar-refractivity contribution in [2.75, 3.05) is 12.8 Å². The van der Waals surface area contributed by atoms with Crippen LogP contribution in [0.1, 0.15) is 42.9 Å². The average Bonchev–Trinajstić information content (AvgIpc) is 2.83. The maximum absolute atomic E-state index is 4.28. The predicted molar refractivity (Wildman–Crippen MR) is 75.5 cm³/mol. The summed E-state index contributed by atoms with van der Waals surface area (Å²) in [6.07, 6.45) is 9.58. The number of hydrogen-bond acceptors (Lipinski definition) is 3. The van der Waals surface area contributed by atoms with Gasteiger partial charge in [0.2, 0.25) is 0 Å². The van der Waals surface area contributed by atoms with Crippen molar-refractivity contribution >= 4 is 11.8 Å². The van der Waals surface area contributed by atoms with E-state index in [2.05, 4.69) is 35.1 Å². The molecule has 0 aromatic carbocycles. The van der Waals surface area contributed by atoms with Gasteiger partial charge in [-0.1, -0.05) is 18.9 Å². The number of thioether (sulfide) groups is 1. The molecule has 0 saturated heterocycles. The van der Waals surface area contributed by atoms with Crippen molar-refractivity contribution in [1.82, 2.24) is 10.3 Å². The highest BCUT2D eigenvalue weighted by atomic mass is 32.2. The fraction of sp³-hybridized carbons (Fsp3) is 0.643. The van der Waals surface area contributed by atoms with E-state index in [1.54, 1.807) is 0 Å². The Bertz CT molecular complexity index is 348. The van der Waals surface area contributed by atoms with Crippen molar-refractivity contribution in [2.24, 2.45) is 0 Å². The molecule has 94 valence electrons. The van der Waals surface area contributed by atoms with E-state index in [-0.39, 0.29) is 0 Å². The number of nitrogens with zero attached hydrogens (tertiary/aromatic N) is 1. The van der Waals surface area contributed by atoms with E-state index in [4.69, 9.17) is 0 Å². The van der Waals surface area contributed by atoms with Crippen LogP contribution < -0.4 is 5.32 Å². The van der Waals surface area contributed by atoms with Crippen LogP contribution in [0.2, 0.25) is 0 Å². The van der Waals surface area contributed by atoms with Crippen molar-refractivity contribution in [2.45, 2.75) is 43.9 Å². The highest BCUT2D eigenvalue weighted by Gasteiger charge is 2.18. The van der Waals surface area contributed by atoms with Crippen molar-refractivity contribution in [3.05, 3.63) is 29.6 Å². The van der Waals surface area contributed by atoms with Crippen molar-refractivity contribution in [3.63, 3.8) is 0 Å². The monoisotopic (exact) mass is 250 g/mol. The van der Waals surface area contributed by atoms with Crippen LogP contribution in [0.15, 0.2) is 18.5 Å². The van der Waals surface area contributed by atoms with Gasteiger partial charge in [0.15, 0.2) is 0 Å². The molecule has 2 nitrogen and oxygen atoms in total. The Morgan fingerprint density at radius 3 is 2.82 bits per heavy atom. The van der Waals surface area contributed by atoms with Crippen molar-refractivity contribution in [1.29, 1.82) is 0 Å². The summed E-state index contributed by atoms with van der Waals surface area (Å²) >= 11 is 2.13. The first-order valence-corrected chi connectivity index (χ1v) is 7.55. The van der Waals surface area contributed by atoms with Gasteiger partial charge in [0.25, 0.3) is 0 Å². The van der Waals surface area contributed by atoms with E-state index in [1.807, 2.05) is 19.4 Å². The van der Waals surface area contributed by atoms with Gasteiger partial charge in [0, 0.05) is 29.4 Å². The Hall–Kier alpha value is -0.540. The van der Waals surface area contributed by atoms with Crippen LogP contribution in [0, 0.1) is 6.92 Å². The minimum absolute atomic E-state index is 0.438. The molecule has 2 rings (SSSR count). The van der Waals surface area contributed by atoms with Crippen LogP contribution >= 0.6 is 11.8 Å². The third-order valence-electron chi connectivity index (χ3n) is 3.45. The van der Waals surface area contributed by atoms with E-state index < -0.39 is 0 Å². The summed E-state index contributed by atoms with van der Waals surface area (Å²) in [7, 11) is 2.04. The molecule has 1 aliphatic carbocycles. The number of aryl methyl sites for hydroxylation is 1. The number of hydrogen-bond donors (Lipinski definition) is 1. The topological polar surface area (TPSA) is 24.9 Å². The minimum atomic E-state index is 0.438. The van der Waals surface area contributed by atoms with Gasteiger partial charge in [0.05, 0.1) is 0 Å². The first-order valence-electron chi connectivity index (χ1n) is 6.50. The number of nitrogens with one attached hydrogen (secondary N) is 1. The van der Waals surface area contributed by atoms with Crippen LogP contribution in [-0.4, -0.2) is 23.0 Å². The summed E-state index contributed by atoms with van der Waals surface area (Å²) in [5, 5.41) is 4.30. The Labute approximate surface area is 109 Å². The zero-order valence-corrected chi connectivity index (χ0v) is 11.6. The largest absolute Gasteiger partial charge is 0.312 e. The van der Waals surface area contributed by atoms with Gasteiger partial charge in [0.1, 0.15) is 0 Å². The average molecular weight is 250 g/mol. The molecule has 0 aliphatic heterocycles. The second-order valence-electron chi connectivity index (χ2n) is 4.88. The smallest absolute Gasteiger partial charge is 0.0424 e. The fourth-order valence-electron chi connectivity index (χ4n) is 2.40. The van der Waals surface area contributed by atoms with Gasteiger partial charge in [-0.15, -0.1) is 0 Å². The van der Waals surface area contributed by atoms with Crippen molar-refractivity contribution < 1.29 is 0 Å². The molecule has 0 bridgehead atoms. The summed E-state index contributed by atoms with van der Waals surface area (Å²) in [4.78, 5) is 4.28. The lowest BCUT2D eigenvalue weighted by atomic mass is 10.1. The summed E-state index contributed by atoms with van der Waals surface area (Å²) < 4.78 is 0. The highest BCUT2D eigenvalue weighted by molar-refractivity contribution is 7.99. The fourth-order valence-corrected chi connectivity index (χ4v) is 3.89. The molecular weight excluding hydrogens is 228 g/mol. The van der Waals surface area contributed by atoms with Crippen LogP contribution in [0.25, 0.3) is 0 Å². The van der Waals surface area contributed by atoms with Gasteiger partial charge in [-0.3, -0.25) is 4.98 Å². The molecular formula is C14H22N2S. The maximum atomic E-state index is 4.28. The standard InChI is InChI=1S/C14H22N2S/c1-11-7-12(9-16-8-11)14(15-2)10-17-13-5-3-4-6-13/h7-9,13-15H,3-6,10H2,1-2H3. The third kappa shape index (κ3) is 3.71. The second-order valence-corrected chi connectivity index (χ2v) is 6.21. The molecule has 17 heavy (non-hydrogen) atoms. The van der Waals surface area contributed by atoms with E-state index >= 15 is 0 Å². The number of rotatable bonds is 5. The van der Waals surface area contributed by atoms with Crippen LogP contribution in [0.5, 0.6) is 0 Å². The lowest BCUT2D eigenvalue weighted by Crippen LogP contribution is -2.20. The first-order chi connectivity index (χ1) is 8.29. The van der Waals surface area contributed by atoms with E-state index in [9.17, 15) is 0 Å². The normalized spacial score (nSPS) is 18.5. The Kier molecular flexibility index (Phi) is 4.86. The van der Waals surface area contributed by atoms with Gasteiger partial charge >= 0.3 is 0 Å². The van der Waals surface area contributed by atoms with E-state index in [1.165, 1.54) is 36.8 Å². The molecule has 1 saturated carbocycles. The van der Waals surface area contributed by atoms with Crippen molar-refractivity contribution in [3.8, 4) is 0 Å². The van der Waals surface area contributed by atoms with Gasteiger partial charge in [-0.2, -0.15) is 11.8 Å². The minimum Gasteiger partial charge on any atom is -0.312 e. The summed E-state index contributed by atoms with van der Waals surface area (Å²) in [5.74, 6) is 1.16. The molecule has 1 atom stereocenters. The summed E-state index contributed by atoms with van der Waals surface area (Å²) in [6.45, 7) is 2.10. The van der Waals surface area contributed by atoms with Crippen LogP contribution in [0.3, 0.4) is 0 Å². The SMILES string of the molecule is CNC(CSC1CCCC1)c1cncc(C)c1. The molecule has 1 heterocycles. The molecule has 1 aromatic heterocycles. The summed E-state index contributed by atoms with van der Waals surface area (Å²) in [5.41, 5.74) is 2.56. The number of pyridine rings is 1. The Balaban J connectivity index is 1.91. The molecule has 1 unspecified atom stereocenters. The Morgan fingerprint density at radius 1 is 1.41 bits per heavy atom. The molecule has 1 aliphatic rings. The van der Waals surface area contributed by atoms with Crippen LogP contribution in [-0.2, 0) is 0 Å². The lowest BCUT2D eigenvalue weighted by Gasteiger charge is -2.18. The van der Waals surface area contributed by atoms with Crippen LogP contribution in [0.4, 0.5) is 0 Å². The predicted octanol–water partition coefficient (Wildman–Crippen LogP) is 3.33. The lowest BCUT2D eigenvalue weighted by molar-refractivity contribution is 0.656. The second kappa shape index (κ2) is 6.41. The molecule has 0 radical (unpaired) electrons. The molecule has 1 aromatic rings. The summed E-state index contributed by atoms with van der Waals surface area (Å²) in [6, 6.07) is 2.68. The zero-order valence-electron chi connectivity index (χ0n) is 10.8. The molecule has 1 fully saturated rings. The van der Waals surface area contributed by atoms with E-state index in [0.717, 1.165) is 11.0 Å². The number of aromatic nitrogens is 1. The first kappa shape index (κ1) is 12.9. The quantitative estimate of drug-likeness (QED) is 0.867. The third-order valence-corrected chi connectivity index (χ3v) is 4.92. The van der Waals surface area contributed by atoms with Gasteiger partial charge < -0.3 is 5.32 Å².